The Labute approximate surface area is 94.7 Å². The number of nitrogens with one attached hydrogen (secondary N) is 1. The highest BCUT2D eigenvalue weighted by atomic mass is 32.2. The molecular weight excluding hydrogens is 210 g/mol. The summed E-state index contributed by atoms with van der Waals surface area (Å²) in [5.74, 6) is 0.275. The summed E-state index contributed by atoms with van der Waals surface area (Å²) < 4.78 is 25.4. The third-order valence-corrected chi connectivity index (χ3v) is 3.84. The Hall–Kier alpha value is -0.0900. The summed E-state index contributed by atoms with van der Waals surface area (Å²) >= 11 is 0. The van der Waals surface area contributed by atoms with Gasteiger partial charge in [-0.05, 0) is 20.3 Å². The van der Waals surface area contributed by atoms with E-state index in [0.717, 1.165) is 19.3 Å². The normalized spacial score (nSPS) is 12.3. The lowest BCUT2D eigenvalue weighted by atomic mass is 10.1. The van der Waals surface area contributed by atoms with Crippen LogP contribution in [0.2, 0.25) is 0 Å². The fraction of sp³-hybridized carbons (Fsp3) is 1.00. The van der Waals surface area contributed by atoms with Gasteiger partial charge < -0.3 is 0 Å². The number of rotatable bonds is 9. The maximum absolute atomic E-state index is 11.4. The Morgan fingerprint density at radius 3 is 2.07 bits per heavy atom. The van der Waals surface area contributed by atoms with Gasteiger partial charge >= 0.3 is 0 Å². The van der Waals surface area contributed by atoms with E-state index in [1.807, 2.05) is 13.8 Å². The van der Waals surface area contributed by atoms with Crippen molar-refractivity contribution in [3.05, 3.63) is 0 Å². The Kier molecular flexibility index (Phi) is 8.06. The topological polar surface area (TPSA) is 46.2 Å². The fourth-order valence-corrected chi connectivity index (χ4v) is 2.91. The molecule has 0 aliphatic rings. The van der Waals surface area contributed by atoms with E-state index < -0.39 is 10.0 Å². The van der Waals surface area contributed by atoms with Crippen LogP contribution in [0.15, 0.2) is 0 Å². The highest BCUT2D eigenvalue weighted by Gasteiger charge is 2.10. The van der Waals surface area contributed by atoms with Crippen molar-refractivity contribution in [1.82, 2.24) is 4.72 Å². The Morgan fingerprint density at radius 1 is 1.00 bits per heavy atom. The SMILES string of the molecule is CCCCCCCCS(=O)(=O)NC(C)C. The van der Waals surface area contributed by atoms with Crippen LogP contribution in [0.3, 0.4) is 0 Å². The number of sulfonamides is 1. The molecule has 0 saturated heterocycles. The van der Waals surface area contributed by atoms with Crippen LogP contribution in [0.1, 0.15) is 59.3 Å². The number of hydrogen-bond acceptors (Lipinski definition) is 2. The second kappa shape index (κ2) is 8.11. The Balaban J connectivity index is 3.50. The molecule has 0 radical (unpaired) electrons. The fourth-order valence-electron chi connectivity index (χ4n) is 1.49. The summed E-state index contributed by atoms with van der Waals surface area (Å²) in [5.41, 5.74) is 0. The molecule has 0 spiro atoms. The third kappa shape index (κ3) is 10.2. The smallest absolute Gasteiger partial charge is 0.211 e. The second-order valence-electron chi connectivity index (χ2n) is 4.36. The summed E-state index contributed by atoms with van der Waals surface area (Å²) in [6.45, 7) is 5.87. The van der Waals surface area contributed by atoms with Crippen molar-refractivity contribution < 1.29 is 8.42 Å². The predicted molar refractivity (Wildman–Crippen MR) is 65.4 cm³/mol. The van der Waals surface area contributed by atoms with Gasteiger partial charge in [-0.1, -0.05) is 39.0 Å². The number of unbranched alkanes of at least 4 members (excludes halogenated alkanes) is 5. The molecule has 0 fully saturated rings. The highest BCUT2D eigenvalue weighted by Crippen LogP contribution is 2.06. The molecule has 0 aliphatic heterocycles. The van der Waals surface area contributed by atoms with Gasteiger partial charge in [0.05, 0.1) is 5.75 Å². The Morgan fingerprint density at radius 2 is 1.53 bits per heavy atom. The van der Waals surface area contributed by atoms with Crippen molar-refractivity contribution in [1.29, 1.82) is 0 Å². The van der Waals surface area contributed by atoms with E-state index in [-0.39, 0.29) is 11.8 Å². The first-order valence-corrected chi connectivity index (χ1v) is 7.63. The minimum absolute atomic E-state index is 0.00934. The molecule has 0 amide bonds. The molecule has 92 valence electrons. The van der Waals surface area contributed by atoms with E-state index in [2.05, 4.69) is 11.6 Å². The van der Waals surface area contributed by atoms with Crippen molar-refractivity contribution in [3.8, 4) is 0 Å². The van der Waals surface area contributed by atoms with Gasteiger partial charge in [0.1, 0.15) is 0 Å². The molecule has 0 atom stereocenters. The van der Waals surface area contributed by atoms with Gasteiger partial charge in [-0.15, -0.1) is 0 Å². The van der Waals surface area contributed by atoms with Crippen LogP contribution in [0.4, 0.5) is 0 Å². The molecule has 0 saturated carbocycles. The van der Waals surface area contributed by atoms with Gasteiger partial charge in [0.15, 0.2) is 0 Å². The highest BCUT2D eigenvalue weighted by molar-refractivity contribution is 7.89. The second-order valence-corrected chi connectivity index (χ2v) is 6.23. The predicted octanol–water partition coefficient (Wildman–Crippen LogP) is 2.67. The van der Waals surface area contributed by atoms with Crippen LogP contribution >= 0.6 is 0 Å². The zero-order chi connectivity index (χ0) is 11.7. The molecule has 0 heterocycles. The van der Waals surface area contributed by atoms with Crippen molar-refractivity contribution in [2.75, 3.05) is 5.75 Å². The maximum Gasteiger partial charge on any atom is 0.211 e. The average molecular weight is 235 g/mol. The van der Waals surface area contributed by atoms with Crippen LogP contribution in [0, 0.1) is 0 Å². The van der Waals surface area contributed by atoms with Crippen LogP contribution in [-0.2, 0) is 10.0 Å². The molecule has 0 rings (SSSR count). The largest absolute Gasteiger partial charge is 0.213 e. The van der Waals surface area contributed by atoms with E-state index >= 15 is 0 Å². The van der Waals surface area contributed by atoms with E-state index in [1.54, 1.807) is 0 Å². The summed E-state index contributed by atoms with van der Waals surface area (Å²) in [5, 5.41) is 0. The van der Waals surface area contributed by atoms with Gasteiger partial charge in [-0.3, -0.25) is 0 Å². The Bertz CT molecular complexity index is 235. The molecule has 4 heteroatoms. The molecule has 0 aromatic carbocycles. The molecule has 3 nitrogen and oxygen atoms in total. The average Bonchev–Trinajstić information content (AvgIpc) is 2.08. The molecule has 1 N–H and O–H groups in total. The van der Waals surface area contributed by atoms with Gasteiger partial charge in [0.25, 0.3) is 0 Å². The van der Waals surface area contributed by atoms with Crippen molar-refractivity contribution in [2.24, 2.45) is 0 Å². The molecular formula is C11H25NO2S. The standard InChI is InChI=1S/C11H25NO2S/c1-4-5-6-7-8-9-10-15(13,14)12-11(2)3/h11-12H,4-10H2,1-3H3. The number of hydrogen-bond donors (Lipinski definition) is 1. The minimum Gasteiger partial charge on any atom is -0.213 e. The van der Waals surface area contributed by atoms with Crippen LogP contribution in [0.25, 0.3) is 0 Å². The lowest BCUT2D eigenvalue weighted by molar-refractivity contribution is 0.561. The van der Waals surface area contributed by atoms with Crippen molar-refractivity contribution in [2.45, 2.75) is 65.3 Å². The van der Waals surface area contributed by atoms with Crippen LogP contribution in [0.5, 0.6) is 0 Å². The lowest BCUT2D eigenvalue weighted by Gasteiger charge is -2.08. The monoisotopic (exact) mass is 235 g/mol. The van der Waals surface area contributed by atoms with Gasteiger partial charge in [-0.25, -0.2) is 13.1 Å². The summed E-state index contributed by atoms with van der Waals surface area (Å²) in [4.78, 5) is 0. The first kappa shape index (κ1) is 14.9. The molecule has 0 unspecified atom stereocenters. The van der Waals surface area contributed by atoms with Gasteiger partial charge in [0.2, 0.25) is 10.0 Å². The quantitative estimate of drug-likeness (QED) is 0.625. The van der Waals surface area contributed by atoms with Gasteiger partial charge in [0, 0.05) is 6.04 Å². The lowest BCUT2D eigenvalue weighted by Crippen LogP contribution is -2.32. The molecule has 0 aromatic rings. The van der Waals surface area contributed by atoms with Crippen LogP contribution < -0.4 is 4.72 Å². The summed E-state index contributed by atoms with van der Waals surface area (Å²) in [7, 11) is -3.02. The first-order valence-electron chi connectivity index (χ1n) is 5.98. The van der Waals surface area contributed by atoms with E-state index in [0.29, 0.717) is 0 Å². The molecule has 0 aromatic heterocycles. The van der Waals surface area contributed by atoms with Crippen molar-refractivity contribution >= 4 is 10.0 Å². The third-order valence-electron chi connectivity index (χ3n) is 2.18. The molecule has 0 aliphatic carbocycles. The molecule has 0 bridgehead atoms. The van der Waals surface area contributed by atoms with E-state index in [9.17, 15) is 8.42 Å². The summed E-state index contributed by atoms with van der Waals surface area (Å²) in [6, 6.07) is 0.00934. The van der Waals surface area contributed by atoms with E-state index in [4.69, 9.17) is 0 Å². The van der Waals surface area contributed by atoms with Crippen LogP contribution in [-0.4, -0.2) is 20.2 Å². The zero-order valence-corrected chi connectivity index (χ0v) is 11.1. The van der Waals surface area contributed by atoms with Gasteiger partial charge in [-0.2, -0.15) is 0 Å². The van der Waals surface area contributed by atoms with E-state index in [1.165, 1.54) is 19.3 Å². The maximum atomic E-state index is 11.4. The zero-order valence-electron chi connectivity index (χ0n) is 10.3. The molecule has 15 heavy (non-hydrogen) atoms. The summed E-state index contributed by atoms with van der Waals surface area (Å²) in [6.07, 6.45) is 6.69. The first-order chi connectivity index (χ1) is 6.98. The van der Waals surface area contributed by atoms with Crippen molar-refractivity contribution in [3.63, 3.8) is 0 Å². The minimum atomic E-state index is -3.02.